The van der Waals surface area contributed by atoms with E-state index in [0.717, 1.165) is 47.8 Å². The Kier molecular flexibility index (Phi) is 5.14. The van der Waals surface area contributed by atoms with Crippen LogP contribution < -0.4 is 10.1 Å². The summed E-state index contributed by atoms with van der Waals surface area (Å²) in [6.45, 7) is 7.29. The van der Waals surface area contributed by atoms with Crippen LogP contribution in [0.4, 0.5) is 5.82 Å². The number of nitrogens with zero attached hydrogens (tertiary/aromatic N) is 2. The molecule has 2 rings (SSSR count). The van der Waals surface area contributed by atoms with Gasteiger partial charge in [-0.15, -0.1) is 0 Å². The van der Waals surface area contributed by atoms with Crippen molar-refractivity contribution in [3.8, 4) is 17.0 Å². The van der Waals surface area contributed by atoms with Gasteiger partial charge < -0.3 is 10.1 Å². The summed E-state index contributed by atoms with van der Waals surface area (Å²) in [6, 6.07) is 6.08. The molecule has 4 heteroatoms. The van der Waals surface area contributed by atoms with E-state index in [-0.39, 0.29) is 0 Å². The van der Waals surface area contributed by atoms with Crippen molar-refractivity contribution < 1.29 is 4.74 Å². The first-order valence-corrected chi connectivity index (χ1v) is 7.44. The Hall–Kier alpha value is -2.10. The van der Waals surface area contributed by atoms with Crippen LogP contribution in [-0.4, -0.2) is 23.6 Å². The summed E-state index contributed by atoms with van der Waals surface area (Å²) < 4.78 is 5.27. The number of nitrogens with one attached hydrogen (secondary N) is 1. The van der Waals surface area contributed by atoms with Crippen molar-refractivity contribution in [1.82, 2.24) is 9.97 Å². The molecule has 1 heterocycles. The third-order valence-electron chi connectivity index (χ3n) is 3.53. The number of aryl methyl sites for hydroxylation is 1. The molecule has 1 aromatic heterocycles. The molecule has 0 saturated carbocycles. The van der Waals surface area contributed by atoms with Crippen molar-refractivity contribution in [2.45, 2.75) is 33.6 Å². The van der Waals surface area contributed by atoms with Crippen LogP contribution in [0.5, 0.6) is 5.75 Å². The largest absolute Gasteiger partial charge is 0.497 e. The first-order valence-electron chi connectivity index (χ1n) is 7.44. The number of methoxy groups -OCH3 is 1. The second-order valence-electron chi connectivity index (χ2n) is 5.01. The van der Waals surface area contributed by atoms with E-state index < -0.39 is 0 Å². The lowest BCUT2D eigenvalue weighted by atomic mass is 10.00. The Morgan fingerprint density at radius 2 is 2.00 bits per heavy atom. The maximum atomic E-state index is 5.27. The summed E-state index contributed by atoms with van der Waals surface area (Å²) >= 11 is 0. The minimum Gasteiger partial charge on any atom is -0.497 e. The molecule has 112 valence electrons. The van der Waals surface area contributed by atoms with E-state index in [4.69, 9.17) is 4.74 Å². The fourth-order valence-electron chi connectivity index (χ4n) is 2.40. The molecule has 1 N–H and O–H groups in total. The van der Waals surface area contributed by atoms with Crippen LogP contribution in [0.1, 0.15) is 31.4 Å². The number of rotatable bonds is 6. The first-order chi connectivity index (χ1) is 10.2. The summed E-state index contributed by atoms with van der Waals surface area (Å²) in [5.41, 5.74) is 4.46. The van der Waals surface area contributed by atoms with Crippen LogP contribution in [0, 0.1) is 6.92 Å². The fourth-order valence-corrected chi connectivity index (χ4v) is 2.40. The molecule has 0 aliphatic carbocycles. The van der Waals surface area contributed by atoms with Crippen molar-refractivity contribution in [3.05, 3.63) is 35.7 Å². The molecule has 0 aliphatic rings. The summed E-state index contributed by atoms with van der Waals surface area (Å²) in [6.07, 6.45) is 3.61. The SMILES string of the molecule is CCCNc1ncnc(-c2ccc(OC)cc2C)c1CC. The van der Waals surface area contributed by atoms with Gasteiger partial charge in [0.1, 0.15) is 17.9 Å². The van der Waals surface area contributed by atoms with Gasteiger partial charge in [-0.3, -0.25) is 0 Å². The smallest absolute Gasteiger partial charge is 0.133 e. The zero-order chi connectivity index (χ0) is 15.2. The minimum absolute atomic E-state index is 0.868. The number of anilines is 1. The molecule has 4 nitrogen and oxygen atoms in total. The Morgan fingerprint density at radius 3 is 2.62 bits per heavy atom. The molecular weight excluding hydrogens is 262 g/mol. The lowest BCUT2D eigenvalue weighted by molar-refractivity contribution is 0.414. The Balaban J connectivity index is 2.48. The highest BCUT2D eigenvalue weighted by atomic mass is 16.5. The molecule has 0 amide bonds. The first kappa shape index (κ1) is 15.3. The normalized spacial score (nSPS) is 10.5. The van der Waals surface area contributed by atoms with Gasteiger partial charge in [0.05, 0.1) is 12.8 Å². The van der Waals surface area contributed by atoms with Gasteiger partial charge in [0.15, 0.2) is 0 Å². The third-order valence-corrected chi connectivity index (χ3v) is 3.53. The van der Waals surface area contributed by atoms with E-state index in [2.05, 4.69) is 42.1 Å². The predicted molar refractivity (Wildman–Crippen MR) is 86.9 cm³/mol. The molecular formula is C17H23N3O. The van der Waals surface area contributed by atoms with Gasteiger partial charge in [-0.1, -0.05) is 13.8 Å². The standard InChI is InChI=1S/C17H23N3O/c1-5-9-18-17-14(6-2)16(19-11-20-17)15-8-7-13(21-4)10-12(15)3/h7-8,10-11H,5-6,9H2,1-4H3,(H,18,19,20). The van der Waals surface area contributed by atoms with Crippen molar-refractivity contribution in [2.24, 2.45) is 0 Å². The number of benzene rings is 1. The predicted octanol–water partition coefficient (Wildman–Crippen LogP) is 3.84. The minimum atomic E-state index is 0.868. The number of ether oxygens (including phenoxy) is 1. The molecule has 0 atom stereocenters. The second-order valence-corrected chi connectivity index (χ2v) is 5.01. The van der Waals surface area contributed by atoms with Crippen molar-refractivity contribution in [1.29, 1.82) is 0 Å². The van der Waals surface area contributed by atoms with E-state index in [1.54, 1.807) is 13.4 Å². The summed E-state index contributed by atoms with van der Waals surface area (Å²) in [7, 11) is 1.68. The Labute approximate surface area is 126 Å². The average molecular weight is 285 g/mol. The average Bonchev–Trinajstić information content (AvgIpc) is 2.52. The topological polar surface area (TPSA) is 47.0 Å². The maximum absolute atomic E-state index is 5.27. The zero-order valence-electron chi connectivity index (χ0n) is 13.2. The van der Waals surface area contributed by atoms with Crippen LogP contribution in [0.25, 0.3) is 11.3 Å². The molecule has 2 aromatic rings. The van der Waals surface area contributed by atoms with Crippen LogP contribution in [0.2, 0.25) is 0 Å². The van der Waals surface area contributed by atoms with Crippen LogP contribution >= 0.6 is 0 Å². The lowest BCUT2D eigenvalue weighted by Gasteiger charge is -2.15. The second kappa shape index (κ2) is 7.07. The number of hydrogen-bond acceptors (Lipinski definition) is 4. The van der Waals surface area contributed by atoms with E-state index in [1.807, 2.05) is 12.1 Å². The van der Waals surface area contributed by atoms with Gasteiger partial charge in [-0.2, -0.15) is 0 Å². The Bertz CT molecular complexity index is 611. The van der Waals surface area contributed by atoms with Gasteiger partial charge in [-0.25, -0.2) is 9.97 Å². The molecule has 21 heavy (non-hydrogen) atoms. The molecule has 0 spiro atoms. The van der Waals surface area contributed by atoms with Crippen molar-refractivity contribution in [3.63, 3.8) is 0 Å². The van der Waals surface area contributed by atoms with Gasteiger partial charge in [-0.05, 0) is 43.5 Å². The summed E-state index contributed by atoms with van der Waals surface area (Å²) in [5, 5.41) is 3.39. The van der Waals surface area contributed by atoms with Crippen LogP contribution in [0.3, 0.4) is 0 Å². The van der Waals surface area contributed by atoms with Gasteiger partial charge in [0.2, 0.25) is 0 Å². The van der Waals surface area contributed by atoms with Gasteiger partial charge in [0.25, 0.3) is 0 Å². The van der Waals surface area contributed by atoms with E-state index in [0.29, 0.717) is 0 Å². The number of aromatic nitrogens is 2. The van der Waals surface area contributed by atoms with Gasteiger partial charge in [0, 0.05) is 17.7 Å². The molecule has 0 aliphatic heterocycles. The monoisotopic (exact) mass is 285 g/mol. The molecule has 0 unspecified atom stereocenters. The Morgan fingerprint density at radius 1 is 1.19 bits per heavy atom. The van der Waals surface area contributed by atoms with Gasteiger partial charge >= 0.3 is 0 Å². The van der Waals surface area contributed by atoms with Crippen LogP contribution in [-0.2, 0) is 6.42 Å². The highest BCUT2D eigenvalue weighted by molar-refractivity contribution is 5.71. The van der Waals surface area contributed by atoms with Crippen LogP contribution in [0.15, 0.2) is 24.5 Å². The molecule has 1 aromatic carbocycles. The van der Waals surface area contributed by atoms with E-state index in [1.165, 1.54) is 5.56 Å². The van der Waals surface area contributed by atoms with E-state index >= 15 is 0 Å². The highest BCUT2D eigenvalue weighted by Crippen LogP contribution is 2.30. The molecule has 0 saturated heterocycles. The van der Waals surface area contributed by atoms with Crippen molar-refractivity contribution in [2.75, 3.05) is 19.0 Å². The molecule has 0 bridgehead atoms. The summed E-state index contributed by atoms with van der Waals surface area (Å²) in [4.78, 5) is 8.90. The highest BCUT2D eigenvalue weighted by Gasteiger charge is 2.13. The lowest BCUT2D eigenvalue weighted by Crippen LogP contribution is -2.07. The fraction of sp³-hybridized carbons (Fsp3) is 0.412. The van der Waals surface area contributed by atoms with Crippen molar-refractivity contribution >= 4 is 5.82 Å². The quantitative estimate of drug-likeness (QED) is 0.876. The molecule has 0 radical (unpaired) electrons. The number of hydrogen-bond donors (Lipinski definition) is 1. The van der Waals surface area contributed by atoms with E-state index in [9.17, 15) is 0 Å². The zero-order valence-corrected chi connectivity index (χ0v) is 13.2. The summed E-state index contributed by atoms with van der Waals surface area (Å²) in [5.74, 6) is 1.81. The molecule has 0 fully saturated rings. The maximum Gasteiger partial charge on any atom is 0.133 e. The third kappa shape index (κ3) is 3.32.